The van der Waals surface area contributed by atoms with Gasteiger partial charge in [0.1, 0.15) is 30.2 Å². The Kier molecular flexibility index (Phi) is 13.3. The molecule has 16 heteroatoms. The van der Waals surface area contributed by atoms with Crippen LogP contribution in [-0.4, -0.2) is 124 Å². The Hall–Kier alpha value is -5.06. The summed E-state index contributed by atoms with van der Waals surface area (Å²) in [6.07, 6.45) is 1.78. The highest BCUT2D eigenvalue weighted by Gasteiger charge is 2.43. The van der Waals surface area contributed by atoms with Gasteiger partial charge in [-0.3, -0.25) is 19.3 Å². The molecule has 5 rings (SSSR count). The second-order valence-electron chi connectivity index (χ2n) is 14.0. The van der Waals surface area contributed by atoms with Gasteiger partial charge in [0.15, 0.2) is 0 Å². The third-order valence-electron chi connectivity index (χ3n) is 9.74. The quantitative estimate of drug-likeness (QED) is 0.176. The van der Waals surface area contributed by atoms with Crippen LogP contribution >= 0.6 is 0 Å². The molecular weight excluding hydrogens is 709 g/mol. The van der Waals surface area contributed by atoms with E-state index in [0.29, 0.717) is 0 Å². The summed E-state index contributed by atoms with van der Waals surface area (Å²) in [7, 11) is 0. The number of aliphatic hydroxyl groups excluding tert-OH is 2. The van der Waals surface area contributed by atoms with Crippen LogP contribution in [0.5, 0.6) is 0 Å². The van der Waals surface area contributed by atoms with E-state index in [0.717, 1.165) is 45.7 Å². The van der Waals surface area contributed by atoms with Crippen molar-refractivity contribution < 1.29 is 47.3 Å². The number of ether oxygens (including phenoxy) is 1. The number of imidazole rings is 1. The van der Waals surface area contributed by atoms with Crippen LogP contribution in [-0.2, 0) is 25.7 Å². The molecule has 1 saturated heterocycles. The lowest BCUT2D eigenvalue weighted by atomic mass is 9.79. The van der Waals surface area contributed by atoms with Crippen molar-refractivity contribution in [1.29, 1.82) is 0 Å². The summed E-state index contributed by atoms with van der Waals surface area (Å²) in [4.78, 5) is 59.2. The van der Waals surface area contributed by atoms with Crippen LogP contribution in [0.2, 0.25) is 0 Å². The molecule has 1 aromatic heterocycles. The topological polar surface area (TPSA) is 158 Å². The fraction of sp³-hybridized carbons (Fsp3) is 0.447. The van der Waals surface area contributed by atoms with E-state index < -0.39 is 72.2 Å². The Bertz CT molecular complexity index is 1820. The van der Waals surface area contributed by atoms with Crippen LogP contribution in [0, 0.1) is 23.0 Å². The van der Waals surface area contributed by atoms with Gasteiger partial charge in [0, 0.05) is 75.6 Å². The Labute approximate surface area is 311 Å². The maximum absolute atomic E-state index is 15.2. The summed E-state index contributed by atoms with van der Waals surface area (Å²) in [5.74, 6) is -3.56. The van der Waals surface area contributed by atoms with E-state index in [-0.39, 0.29) is 75.9 Å². The zero-order chi connectivity index (χ0) is 39.0. The van der Waals surface area contributed by atoms with Crippen LogP contribution in [0.25, 0.3) is 11.3 Å². The highest BCUT2D eigenvalue weighted by atomic mass is 19.1. The Morgan fingerprint density at radius 2 is 1.78 bits per heavy atom. The number of hydrogen-bond donors (Lipinski definition) is 3. The molecule has 0 radical (unpaired) electrons. The van der Waals surface area contributed by atoms with E-state index in [1.807, 2.05) is 30.3 Å². The van der Waals surface area contributed by atoms with Crippen LogP contribution in [0.15, 0.2) is 66.9 Å². The molecule has 2 aromatic carbocycles. The van der Waals surface area contributed by atoms with Crippen molar-refractivity contribution in [3.63, 3.8) is 0 Å². The third-order valence-corrected chi connectivity index (χ3v) is 9.74. The second kappa shape index (κ2) is 17.8. The molecule has 0 aliphatic carbocycles. The van der Waals surface area contributed by atoms with Crippen molar-refractivity contribution in [2.45, 2.75) is 39.0 Å². The molecule has 290 valence electrons. The normalized spacial score (nSPS) is 17.6. The molecule has 2 aliphatic heterocycles. The standard InChI is InChI=1S/C38H45F3N6O7/c1-38(2,12-17-54-37(53)44(15-16-48)13-14-46-32(50)10-11-33(46)51)35(47(34(52)24-49)22-26-19-42-20-30(26)41)36-43-31(28-18-27(39)8-9-29(28)40)23-45(36)21-25-6-4-3-5-7-25/h3-11,18,23,26,30,35,42,48-49H,12-17,19-22,24H2,1-2H3. The molecule has 54 heavy (non-hydrogen) atoms. The number of carbonyl (C=O) groups is 4. The number of carbonyl (C=O) groups excluding carboxylic acids is 4. The SMILES string of the molecule is CC(C)(CCOC(=O)N(CCO)CCN1C(=O)C=CC1=O)C(c1nc(-c2cc(F)ccc2F)cn1Cc1ccccc1)N(CC1CNCC1F)C(=O)CO. The number of alkyl halides is 1. The summed E-state index contributed by atoms with van der Waals surface area (Å²) >= 11 is 0. The van der Waals surface area contributed by atoms with Crippen LogP contribution in [0.3, 0.4) is 0 Å². The zero-order valence-corrected chi connectivity index (χ0v) is 30.2. The van der Waals surface area contributed by atoms with Gasteiger partial charge in [0.2, 0.25) is 5.91 Å². The van der Waals surface area contributed by atoms with Gasteiger partial charge < -0.3 is 34.6 Å². The smallest absolute Gasteiger partial charge is 0.409 e. The number of benzene rings is 2. The van der Waals surface area contributed by atoms with Crippen molar-refractivity contribution in [2.75, 3.05) is 59.1 Å². The Balaban J connectivity index is 1.49. The fourth-order valence-corrected chi connectivity index (χ4v) is 6.78. The van der Waals surface area contributed by atoms with Crippen molar-refractivity contribution in [1.82, 2.24) is 29.6 Å². The second-order valence-corrected chi connectivity index (χ2v) is 14.0. The summed E-state index contributed by atoms with van der Waals surface area (Å²) in [5, 5.41) is 22.8. The van der Waals surface area contributed by atoms with Gasteiger partial charge in [-0.25, -0.2) is 22.9 Å². The average Bonchev–Trinajstić information content (AvgIpc) is 3.84. The summed E-state index contributed by atoms with van der Waals surface area (Å²) in [6.45, 7) is 2.14. The summed E-state index contributed by atoms with van der Waals surface area (Å²) in [5.41, 5.74) is -0.247. The third kappa shape index (κ3) is 9.53. The fourth-order valence-electron chi connectivity index (χ4n) is 6.78. The number of amides is 4. The molecule has 3 heterocycles. The highest BCUT2D eigenvalue weighted by molar-refractivity contribution is 6.12. The van der Waals surface area contributed by atoms with E-state index in [9.17, 15) is 33.8 Å². The van der Waals surface area contributed by atoms with Gasteiger partial charge in [-0.2, -0.15) is 0 Å². The molecule has 1 fully saturated rings. The number of nitrogens with one attached hydrogen (secondary N) is 1. The van der Waals surface area contributed by atoms with Crippen molar-refractivity contribution in [2.24, 2.45) is 11.3 Å². The zero-order valence-electron chi connectivity index (χ0n) is 30.2. The predicted molar refractivity (Wildman–Crippen MR) is 190 cm³/mol. The van der Waals surface area contributed by atoms with E-state index in [1.54, 1.807) is 24.6 Å². The molecule has 0 spiro atoms. The lowest BCUT2D eigenvalue weighted by molar-refractivity contribution is -0.141. The van der Waals surface area contributed by atoms with E-state index in [1.165, 1.54) is 4.90 Å². The predicted octanol–water partition coefficient (Wildman–Crippen LogP) is 3.07. The van der Waals surface area contributed by atoms with Crippen LogP contribution < -0.4 is 5.32 Å². The first-order chi connectivity index (χ1) is 25.8. The Morgan fingerprint density at radius 3 is 2.43 bits per heavy atom. The number of aromatic nitrogens is 2. The van der Waals surface area contributed by atoms with E-state index >= 15 is 8.78 Å². The monoisotopic (exact) mass is 754 g/mol. The first-order valence-corrected chi connectivity index (χ1v) is 17.7. The molecule has 13 nitrogen and oxygen atoms in total. The largest absolute Gasteiger partial charge is 0.449 e. The van der Waals surface area contributed by atoms with Crippen molar-refractivity contribution >= 4 is 23.8 Å². The molecule has 0 bridgehead atoms. The minimum Gasteiger partial charge on any atom is -0.449 e. The highest BCUT2D eigenvalue weighted by Crippen LogP contribution is 2.43. The molecule has 3 aromatic rings. The number of imide groups is 1. The lowest BCUT2D eigenvalue weighted by Crippen LogP contribution is -2.48. The number of nitrogens with zero attached hydrogens (tertiary/aromatic N) is 5. The maximum atomic E-state index is 15.2. The molecule has 3 N–H and O–H groups in total. The van der Waals surface area contributed by atoms with Crippen molar-refractivity contribution in [3.05, 3.63) is 89.9 Å². The molecule has 2 aliphatic rings. The first-order valence-electron chi connectivity index (χ1n) is 17.7. The van der Waals surface area contributed by atoms with Gasteiger partial charge in [-0.05, 0) is 35.6 Å². The van der Waals surface area contributed by atoms with Crippen LogP contribution in [0.1, 0.15) is 37.7 Å². The summed E-state index contributed by atoms with van der Waals surface area (Å²) in [6, 6.07) is 11.2. The van der Waals surface area contributed by atoms with Gasteiger partial charge in [-0.1, -0.05) is 44.2 Å². The molecular formula is C38H45F3N6O7. The number of rotatable bonds is 17. The number of halogens is 3. The maximum Gasteiger partial charge on any atom is 0.409 e. The average molecular weight is 755 g/mol. The number of aliphatic hydroxyl groups is 2. The first kappa shape index (κ1) is 40.1. The molecule has 4 amide bonds. The van der Waals surface area contributed by atoms with Gasteiger partial charge in [0.05, 0.1) is 24.9 Å². The minimum absolute atomic E-state index is 0.0808. The number of hydrogen-bond acceptors (Lipinski definition) is 9. The van der Waals surface area contributed by atoms with Gasteiger partial charge >= 0.3 is 6.09 Å². The van der Waals surface area contributed by atoms with Crippen LogP contribution in [0.4, 0.5) is 18.0 Å². The minimum atomic E-state index is -1.29. The van der Waals surface area contributed by atoms with E-state index in [4.69, 9.17) is 9.72 Å². The Morgan fingerprint density at radius 1 is 1.06 bits per heavy atom. The van der Waals surface area contributed by atoms with Gasteiger partial charge in [0.25, 0.3) is 11.8 Å². The molecule has 3 atom stereocenters. The summed E-state index contributed by atoms with van der Waals surface area (Å²) < 4.78 is 52.1. The van der Waals surface area contributed by atoms with Gasteiger partial charge in [-0.15, -0.1) is 0 Å². The molecule has 3 unspecified atom stereocenters. The lowest BCUT2D eigenvalue weighted by Gasteiger charge is -2.43. The van der Waals surface area contributed by atoms with E-state index in [2.05, 4.69) is 5.32 Å². The van der Waals surface area contributed by atoms with Crippen molar-refractivity contribution in [3.8, 4) is 11.3 Å². The molecule has 0 saturated carbocycles.